The van der Waals surface area contributed by atoms with Crippen molar-refractivity contribution >= 4 is 6.41 Å². The first-order valence-electron chi connectivity index (χ1n) is 4.12. The van der Waals surface area contributed by atoms with Crippen LogP contribution in [-0.2, 0) is 9.53 Å². The normalized spacial score (nSPS) is 43.3. The Balaban J connectivity index is 2.68. The van der Waals surface area contributed by atoms with Crippen LogP contribution in [0.1, 0.15) is 0 Å². The van der Waals surface area contributed by atoms with Gasteiger partial charge in [0.25, 0.3) is 0 Å². The quantitative estimate of drug-likeness (QED) is 0.307. The number of aliphatic hydroxyl groups excluding tert-OH is 4. The topological polar surface area (TPSA) is 119 Å². The van der Waals surface area contributed by atoms with Gasteiger partial charge in [0.2, 0.25) is 6.41 Å². The van der Waals surface area contributed by atoms with Crippen LogP contribution in [0, 0.1) is 0 Å². The molecule has 1 heterocycles. The van der Waals surface area contributed by atoms with Crippen LogP contribution in [0.5, 0.6) is 0 Å². The highest BCUT2D eigenvalue weighted by atomic mass is 16.6. The fraction of sp³-hybridized carbons (Fsp3) is 0.857. The number of aliphatic hydroxyl groups is 4. The summed E-state index contributed by atoms with van der Waals surface area (Å²) in [5.41, 5.74) is 0. The molecule has 7 nitrogen and oxygen atoms in total. The van der Waals surface area contributed by atoms with E-state index in [1.807, 2.05) is 0 Å². The Kier molecular flexibility index (Phi) is 3.78. The third kappa shape index (κ3) is 2.02. The molecule has 5 N–H and O–H groups in total. The molecule has 0 radical (unpaired) electrons. The van der Waals surface area contributed by atoms with Crippen LogP contribution in [0.2, 0.25) is 0 Å². The van der Waals surface area contributed by atoms with Crippen molar-refractivity contribution in [3.63, 3.8) is 0 Å². The van der Waals surface area contributed by atoms with Crippen molar-refractivity contribution in [2.45, 2.75) is 30.6 Å². The molecule has 1 amide bonds. The second-order valence-corrected chi connectivity index (χ2v) is 3.04. The lowest BCUT2D eigenvalue weighted by atomic mass is 9.97. The van der Waals surface area contributed by atoms with E-state index >= 15 is 0 Å². The van der Waals surface area contributed by atoms with E-state index in [-0.39, 0.29) is 6.41 Å². The molecule has 0 aromatic heterocycles. The lowest BCUT2D eigenvalue weighted by Crippen LogP contribution is -2.63. The number of hydrogen-bond donors (Lipinski definition) is 5. The Hall–Kier alpha value is -0.730. The monoisotopic (exact) mass is 207 g/mol. The molecule has 0 unspecified atom stereocenters. The number of rotatable bonds is 3. The van der Waals surface area contributed by atoms with Crippen molar-refractivity contribution in [3.8, 4) is 0 Å². The van der Waals surface area contributed by atoms with E-state index < -0.39 is 37.3 Å². The molecule has 0 aromatic carbocycles. The maximum atomic E-state index is 10.1. The number of amides is 1. The minimum absolute atomic E-state index is 0.284. The number of carbonyl (C=O) groups is 1. The van der Waals surface area contributed by atoms with Gasteiger partial charge in [0.1, 0.15) is 24.4 Å². The highest BCUT2D eigenvalue weighted by molar-refractivity contribution is 5.47. The average Bonchev–Trinajstić information content (AvgIpc) is 2.18. The van der Waals surface area contributed by atoms with Crippen LogP contribution in [0.25, 0.3) is 0 Å². The Morgan fingerprint density at radius 2 is 1.93 bits per heavy atom. The lowest BCUT2D eigenvalue weighted by Gasteiger charge is -2.39. The molecule has 0 saturated carbocycles. The van der Waals surface area contributed by atoms with E-state index in [4.69, 9.17) is 9.84 Å². The maximum absolute atomic E-state index is 10.1. The van der Waals surface area contributed by atoms with Gasteiger partial charge < -0.3 is 30.5 Å². The molecule has 0 spiro atoms. The summed E-state index contributed by atoms with van der Waals surface area (Å²) < 4.78 is 4.76. The van der Waals surface area contributed by atoms with Crippen molar-refractivity contribution in [1.29, 1.82) is 0 Å². The summed E-state index contributed by atoms with van der Waals surface area (Å²) in [6.45, 7) is -0.525. The minimum atomic E-state index is -1.45. The van der Waals surface area contributed by atoms with E-state index in [1.165, 1.54) is 0 Å². The molecule has 0 bridgehead atoms. The smallest absolute Gasteiger partial charge is 0.207 e. The van der Waals surface area contributed by atoms with E-state index in [2.05, 4.69) is 5.32 Å². The first-order valence-corrected chi connectivity index (χ1v) is 4.12. The molecule has 1 saturated heterocycles. The Bertz CT molecular complexity index is 201. The fourth-order valence-electron chi connectivity index (χ4n) is 1.36. The number of hydrogen-bond acceptors (Lipinski definition) is 6. The summed E-state index contributed by atoms with van der Waals surface area (Å²) in [7, 11) is 0. The highest BCUT2D eigenvalue weighted by Crippen LogP contribution is 2.19. The molecule has 1 aliphatic heterocycles. The van der Waals surface area contributed by atoms with Crippen molar-refractivity contribution in [2.24, 2.45) is 0 Å². The largest absolute Gasteiger partial charge is 0.394 e. The first-order chi connectivity index (χ1) is 6.61. The third-order valence-corrected chi connectivity index (χ3v) is 2.16. The summed E-state index contributed by atoms with van der Waals surface area (Å²) in [6.07, 6.45) is -4.94. The highest BCUT2D eigenvalue weighted by Gasteiger charge is 2.43. The molecule has 0 aliphatic carbocycles. The second-order valence-electron chi connectivity index (χ2n) is 3.04. The van der Waals surface area contributed by atoms with Gasteiger partial charge in [-0.3, -0.25) is 4.79 Å². The molecule has 14 heavy (non-hydrogen) atoms. The van der Waals surface area contributed by atoms with Gasteiger partial charge in [-0.2, -0.15) is 0 Å². The summed E-state index contributed by atoms with van der Waals surface area (Å²) >= 11 is 0. The summed E-state index contributed by atoms with van der Waals surface area (Å²) in [6, 6.07) is -1.09. The van der Waals surface area contributed by atoms with E-state index in [0.29, 0.717) is 0 Å². The van der Waals surface area contributed by atoms with Crippen molar-refractivity contribution < 1.29 is 30.0 Å². The molecule has 1 fully saturated rings. The molecule has 7 heteroatoms. The number of carbonyl (C=O) groups excluding carboxylic acids is 1. The van der Waals surface area contributed by atoms with Gasteiger partial charge >= 0.3 is 0 Å². The van der Waals surface area contributed by atoms with Crippen LogP contribution in [0.4, 0.5) is 0 Å². The van der Waals surface area contributed by atoms with E-state index in [1.54, 1.807) is 0 Å². The van der Waals surface area contributed by atoms with E-state index in [9.17, 15) is 20.1 Å². The number of nitrogens with one attached hydrogen (secondary N) is 1. The first kappa shape index (κ1) is 11.3. The molecule has 0 aromatic rings. The minimum Gasteiger partial charge on any atom is -0.394 e. The summed E-state index contributed by atoms with van der Waals surface area (Å²) in [5.74, 6) is 0. The number of ether oxygens (including phenoxy) is 1. The molecule has 5 atom stereocenters. The van der Waals surface area contributed by atoms with Crippen molar-refractivity contribution in [3.05, 3.63) is 0 Å². The van der Waals surface area contributed by atoms with Gasteiger partial charge in [-0.05, 0) is 0 Å². The van der Waals surface area contributed by atoms with Crippen molar-refractivity contribution in [1.82, 2.24) is 5.32 Å². The van der Waals surface area contributed by atoms with Gasteiger partial charge in [-0.25, -0.2) is 0 Å². The van der Waals surface area contributed by atoms with Gasteiger partial charge in [-0.15, -0.1) is 0 Å². The molecular weight excluding hydrogens is 194 g/mol. The summed E-state index contributed by atoms with van der Waals surface area (Å²) in [4.78, 5) is 10.1. The SMILES string of the molecule is O=CN[C@H]1[C@@H](O)[C@@H](O)[C@@H](CO)O[C@H]1O. The average molecular weight is 207 g/mol. The second kappa shape index (κ2) is 4.67. The predicted octanol–water partition coefficient (Wildman–Crippen LogP) is -3.47. The predicted molar refractivity (Wildman–Crippen MR) is 43.0 cm³/mol. The van der Waals surface area contributed by atoms with Crippen molar-refractivity contribution in [2.75, 3.05) is 6.61 Å². The summed E-state index contributed by atoms with van der Waals surface area (Å²) in [5, 5.41) is 38.9. The Labute approximate surface area is 79.9 Å². The van der Waals surface area contributed by atoms with Crippen LogP contribution >= 0.6 is 0 Å². The molecule has 82 valence electrons. The lowest BCUT2D eigenvalue weighted by molar-refractivity contribution is -0.253. The third-order valence-electron chi connectivity index (χ3n) is 2.16. The van der Waals surface area contributed by atoms with Gasteiger partial charge in [0.15, 0.2) is 6.29 Å². The Morgan fingerprint density at radius 1 is 1.29 bits per heavy atom. The van der Waals surface area contributed by atoms with Crippen LogP contribution < -0.4 is 5.32 Å². The van der Waals surface area contributed by atoms with Gasteiger partial charge in [0, 0.05) is 0 Å². The Morgan fingerprint density at radius 3 is 2.43 bits per heavy atom. The van der Waals surface area contributed by atoms with Crippen LogP contribution in [-0.4, -0.2) is 64.1 Å². The zero-order chi connectivity index (χ0) is 10.7. The fourth-order valence-corrected chi connectivity index (χ4v) is 1.36. The van der Waals surface area contributed by atoms with Gasteiger partial charge in [0.05, 0.1) is 6.61 Å². The molecule has 1 rings (SSSR count). The zero-order valence-corrected chi connectivity index (χ0v) is 7.28. The maximum Gasteiger partial charge on any atom is 0.207 e. The van der Waals surface area contributed by atoms with Crippen LogP contribution in [0.3, 0.4) is 0 Å². The van der Waals surface area contributed by atoms with E-state index in [0.717, 1.165) is 0 Å². The van der Waals surface area contributed by atoms with Crippen LogP contribution in [0.15, 0.2) is 0 Å². The molecule has 1 aliphatic rings. The van der Waals surface area contributed by atoms with Gasteiger partial charge in [-0.1, -0.05) is 0 Å². The standard InChI is InChI=1S/C7H13NO6/c9-1-3-5(11)6(12)4(8-2-10)7(13)14-3/h2-7,9,11-13H,1H2,(H,8,10)/t3-,4+,5+,6-,7-/m1/s1. The zero-order valence-electron chi connectivity index (χ0n) is 7.28. The molecular formula is C7H13NO6.